The highest BCUT2D eigenvalue weighted by molar-refractivity contribution is 5.79. The fraction of sp³-hybridized carbons (Fsp3) is 0.474. The number of carbonyl (C=O) groups excluding carboxylic acids is 1. The number of aromatic nitrogens is 2. The molecular formula is C19H26N4O. The first-order valence-electron chi connectivity index (χ1n) is 8.59. The van der Waals surface area contributed by atoms with Crippen LogP contribution in [-0.4, -0.2) is 52.1 Å². The number of aromatic amines is 1. The largest absolute Gasteiger partial charge is 0.340 e. The Kier molecular flexibility index (Phi) is 5.00. The molecule has 0 saturated carbocycles. The van der Waals surface area contributed by atoms with Gasteiger partial charge in [-0.15, -0.1) is 0 Å². The van der Waals surface area contributed by atoms with Gasteiger partial charge in [0.15, 0.2) is 0 Å². The van der Waals surface area contributed by atoms with Crippen molar-refractivity contribution in [3.05, 3.63) is 52.3 Å². The summed E-state index contributed by atoms with van der Waals surface area (Å²) in [5.74, 6) is 0.236. The summed E-state index contributed by atoms with van der Waals surface area (Å²) in [6.07, 6.45) is 0.507. The van der Waals surface area contributed by atoms with Gasteiger partial charge in [0, 0.05) is 44.0 Å². The molecule has 0 aliphatic carbocycles. The van der Waals surface area contributed by atoms with Crippen LogP contribution >= 0.6 is 0 Å². The van der Waals surface area contributed by atoms with E-state index in [-0.39, 0.29) is 5.91 Å². The van der Waals surface area contributed by atoms with Crippen molar-refractivity contribution in [1.82, 2.24) is 20.0 Å². The van der Waals surface area contributed by atoms with Crippen molar-refractivity contribution in [1.29, 1.82) is 0 Å². The number of nitrogens with zero attached hydrogens (tertiary/aromatic N) is 3. The van der Waals surface area contributed by atoms with Gasteiger partial charge >= 0.3 is 0 Å². The van der Waals surface area contributed by atoms with Gasteiger partial charge in [-0.3, -0.25) is 14.8 Å². The molecule has 0 atom stereocenters. The molecule has 24 heavy (non-hydrogen) atoms. The number of hydrogen-bond donors (Lipinski definition) is 1. The van der Waals surface area contributed by atoms with E-state index in [0.29, 0.717) is 6.42 Å². The van der Waals surface area contributed by atoms with Crippen LogP contribution in [-0.2, 0) is 17.8 Å². The van der Waals surface area contributed by atoms with E-state index >= 15 is 0 Å². The highest BCUT2D eigenvalue weighted by Gasteiger charge is 2.22. The summed E-state index contributed by atoms with van der Waals surface area (Å²) in [7, 11) is 0. The summed E-state index contributed by atoms with van der Waals surface area (Å²) < 4.78 is 0. The minimum Gasteiger partial charge on any atom is -0.340 e. The van der Waals surface area contributed by atoms with Crippen molar-refractivity contribution < 1.29 is 4.79 Å². The molecule has 5 nitrogen and oxygen atoms in total. The lowest BCUT2D eigenvalue weighted by Crippen LogP contribution is -2.48. The van der Waals surface area contributed by atoms with E-state index in [4.69, 9.17) is 0 Å². The first kappa shape index (κ1) is 16.7. The fourth-order valence-electron chi connectivity index (χ4n) is 3.27. The van der Waals surface area contributed by atoms with Crippen LogP contribution in [0, 0.1) is 20.8 Å². The zero-order valence-electron chi connectivity index (χ0n) is 14.8. The van der Waals surface area contributed by atoms with E-state index in [1.54, 1.807) is 0 Å². The summed E-state index contributed by atoms with van der Waals surface area (Å²) in [4.78, 5) is 16.9. The SMILES string of the molecule is Cc1ccccc1CC(=O)N1CCN(Cc2c(C)n[nH]c2C)CC1. The normalized spacial score (nSPS) is 15.7. The third-order valence-corrected chi connectivity index (χ3v) is 4.99. The van der Waals surface area contributed by atoms with Crippen molar-refractivity contribution in [2.24, 2.45) is 0 Å². The van der Waals surface area contributed by atoms with E-state index in [2.05, 4.69) is 35.0 Å². The Labute approximate surface area is 143 Å². The van der Waals surface area contributed by atoms with Crippen molar-refractivity contribution in [3.63, 3.8) is 0 Å². The summed E-state index contributed by atoms with van der Waals surface area (Å²) in [6.45, 7) is 10.5. The van der Waals surface area contributed by atoms with E-state index < -0.39 is 0 Å². The maximum atomic E-state index is 12.5. The molecule has 0 spiro atoms. The first-order valence-corrected chi connectivity index (χ1v) is 8.59. The molecule has 2 aromatic rings. The van der Waals surface area contributed by atoms with Gasteiger partial charge in [-0.2, -0.15) is 5.10 Å². The quantitative estimate of drug-likeness (QED) is 0.937. The van der Waals surface area contributed by atoms with Crippen LogP contribution in [0.15, 0.2) is 24.3 Å². The number of nitrogens with one attached hydrogen (secondary N) is 1. The summed E-state index contributed by atoms with van der Waals surface area (Å²) in [5.41, 5.74) is 5.83. The number of benzene rings is 1. The van der Waals surface area contributed by atoms with Crippen molar-refractivity contribution in [2.45, 2.75) is 33.7 Å². The number of rotatable bonds is 4. The molecule has 0 unspecified atom stereocenters. The lowest BCUT2D eigenvalue weighted by molar-refractivity contribution is -0.132. The van der Waals surface area contributed by atoms with Gasteiger partial charge in [0.25, 0.3) is 0 Å². The molecular weight excluding hydrogens is 300 g/mol. The van der Waals surface area contributed by atoms with Crippen LogP contribution in [0.4, 0.5) is 0 Å². The average molecular weight is 326 g/mol. The van der Waals surface area contributed by atoms with Gasteiger partial charge in [0.05, 0.1) is 12.1 Å². The minimum atomic E-state index is 0.236. The predicted molar refractivity (Wildman–Crippen MR) is 94.8 cm³/mol. The second-order valence-corrected chi connectivity index (χ2v) is 6.67. The smallest absolute Gasteiger partial charge is 0.227 e. The fourth-order valence-corrected chi connectivity index (χ4v) is 3.27. The molecule has 0 bridgehead atoms. The number of hydrogen-bond acceptors (Lipinski definition) is 3. The number of H-pyrrole nitrogens is 1. The zero-order valence-corrected chi connectivity index (χ0v) is 14.8. The highest BCUT2D eigenvalue weighted by Crippen LogP contribution is 2.15. The molecule has 1 saturated heterocycles. The van der Waals surface area contributed by atoms with E-state index in [1.165, 1.54) is 11.1 Å². The molecule has 1 aliphatic heterocycles. The van der Waals surface area contributed by atoms with Crippen molar-refractivity contribution in [2.75, 3.05) is 26.2 Å². The summed E-state index contributed by atoms with van der Waals surface area (Å²) >= 11 is 0. The van der Waals surface area contributed by atoms with Crippen LogP contribution in [0.3, 0.4) is 0 Å². The van der Waals surface area contributed by atoms with Gasteiger partial charge in [-0.05, 0) is 31.9 Å². The second-order valence-electron chi connectivity index (χ2n) is 6.67. The van der Waals surface area contributed by atoms with E-state index in [1.807, 2.05) is 30.0 Å². The Morgan fingerprint density at radius 3 is 2.46 bits per heavy atom. The summed E-state index contributed by atoms with van der Waals surface area (Å²) in [6, 6.07) is 8.13. The zero-order chi connectivity index (χ0) is 17.1. The lowest BCUT2D eigenvalue weighted by atomic mass is 10.1. The van der Waals surface area contributed by atoms with E-state index in [9.17, 15) is 4.79 Å². The molecule has 2 heterocycles. The van der Waals surface area contributed by atoms with Gasteiger partial charge < -0.3 is 4.90 Å². The minimum absolute atomic E-state index is 0.236. The molecule has 1 aromatic heterocycles. The van der Waals surface area contributed by atoms with Crippen LogP contribution in [0.25, 0.3) is 0 Å². The maximum Gasteiger partial charge on any atom is 0.227 e. The highest BCUT2D eigenvalue weighted by atomic mass is 16.2. The molecule has 1 aromatic carbocycles. The second kappa shape index (κ2) is 7.18. The predicted octanol–water partition coefficient (Wildman–Crippen LogP) is 2.22. The van der Waals surface area contributed by atoms with Gasteiger partial charge in [0.1, 0.15) is 0 Å². The molecule has 3 rings (SSSR count). The number of aryl methyl sites for hydroxylation is 3. The van der Waals surface area contributed by atoms with Crippen molar-refractivity contribution in [3.8, 4) is 0 Å². The molecule has 1 amide bonds. The monoisotopic (exact) mass is 326 g/mol. The molecule has 5 heteroatoms. The molecule has 1 aliphatic rings. The van der Waals surface area contributed by atoms with Crippen LogP contribution in [0.2, 0.25) is 0 Å². The van der Waals surface area contributed by atoms with Crippen LogP contribution in [0.5, 0.6) is 0 Å². The van der Waals surface area contributed by atoms with E-state index in [0.717, 1.165) is 49.7 Å². The van der Waals surface area contributed by atoms with Crippen LogP contribution in [0.1, 0.15) is 28.1 Å². The Hall–Kier alpha value is -2.14. The third-order valence-electron chi connectivity index (χ3n) is 4.99. The standard InChI is InChI=1S/C19H26N4O/c1-14-6-4-5-7-17(14)12-19(24)23-10-8-22(9-11-23)13-18-15(2)20-21-16(18)3/h4-7H,8-13H2,1-3H3,(H,20,21). The lowest BCUT2D eigenvalue weighted by Gasteiger charge is -2.35. The summed E-state index contributed by atoms with van der Waals surface area (Å²) in [5, 5.41) is 7.31. The Bertz CT molecular complexity index is 694. The van der Waals surface area contributed by atoms with Gasteiger partial charge in [-0.25, -0.2) is 0 Å². The number of piperazine rings is 1. The molecule has 1 N–H and O–H groups in total. The third kappa shape index (κ3) is 3.67. The number of amides is 1. The van der Waals surface area contributed by atoms with Crippen molar-refractivity contribution >= 4 is 5.91 Å². The molecule has 0 radical (unpaired) electrons. The Morgan fingerprint density at radius 2 is 1.83 bits per heavy atom. The Morgan fingerprint density at radius 1 is 1.12 bits per heavy atom. The topological polar surface area (TPSA) is 52.2 Å². The first-order chi connectivity index (χ1) is 11.5. The number of carbonyl (C=O) groups is 1. The Balaban J connectivity index is 1.53. The van der Waals surface area contributed by atoms with Gasteiger partial charge in [0.2, 0.25) is 5.91 Å². The maximum absolute atomic E-state index is 12.5. The average Bonchev–Trinajstić information content (AvgIpc) is 2.89. The molecule has 1 fully saturated rings. The van der Waals surface area contributed by atoms with Crippen LogP contribution < -0.4 is 0 Å². The van der Waals surface area contributed by atoms with Gasteiger partial charge in [-0.1, -0.05) is 24.3 Å². The molecule has 128 valence electrons.